The van der Waals surface area contributed by atoms with Crippen LogP contribution in [0.5, 0.6) is 11.5 Å². The van der Waals surface area contributed by atoms with Gasteiger partial charge in [-0.2, -0.15) is 5.26 Å². The summed E-state index contributed by atoms with van der Waals surface area (Å²) in [6.45, 7) is 0. The lowest BCUT2D eigenvalue weighted by molar-refractivity contribution is -0.385. The van der Waals surface area contributed by atoms with Crippen LogP contribution in [0.15, 0.2) is 36.4 Å². The second-order valence-electron chi connectivity index (χ2n) is 3.73. The molecule has 20 heavy (non-hydrogen) atoms. The Balaban J connectivity index is 2.43. The fourth-order valence-corrected chi connectivity index (χ4v) is 1.65. The Morgan fingerprint density at radius 3 is 2.65 bits per heavy atom. The van der Waals surface area contributed by atoms with Gasteiger partial charge >= 0.3 is 5.69 Å². The van der Waals surface area contributed by atoms with Crippen LogP contribution in [0.25, 0.3) is 0 Å². The minimum Gasteiger partial charge on any atom is -0.450 e. The number of nitriles is 1. The van der Waals surface area contributed by atoms with Crippen LogP contribution >= 0.6 is 11.6 Å². The molecule has 0 aliphatic rings. The normalized spacial score (nSPS) is 9.85. The molecular formula is C13H6ClFN2O3. The van der Waals surface area contributed by atoms with Gasteiger partial charge in [0.2, 0.25) is 5.75 Å². The Kier molecular flexibility index (Phi) is 3.82. The number of benzene rings is 2. The van der Waals surface area contributed by atoms with E-state index in [1.54, 1.807) is 0 Å². The zero-order valence-electron chi connectivity index (χ0n) is 9.84. The molecule has 0 unspecified atom stereocenters. The van der Waals surface area contributed by atoms with Crippen molar-refractivity contribution < 1.29 is 14.1 Å². The third kappa shape index (κ3) is 2.84. The molecule has 0 saturated heterocycles. The molecule has 0 aromatic heterocycles. The molecule has 100 valence electrons. The summed E-state index contributed by atoms with van der Waals surface area (Å²) in [4.78, 5) is 10.3. The first-order valence-corrected chi connectivity index (χ1v) is 5.70. The number of hydrogen-bond acceptors (Lipinski definition) is 4. The summed E-state index contributed by atoms with van der Waals surface area (Å²) >= 11 is 5.60. The van der Waals surface area contributed by atoms with Crippen LogP contribution in [-0.2, 0) is 0 Å². The van der Waals surface area contributed by atoms with Gasteiger partial charge in [-0.05, 0) is 18.2 Å². The van der Waals surface area contributed by atoms with E-state index in [-0.39, 0.29) is 27.8 Å². The van der Waals surface area contributed by atoms with Crippen molar-refractivity contribution in [1.82, 2.24) is 0 Å². The largest absolute Gasteiger partial charge is 0.450 e. The second-order valence-corrected chi connectivity index (χ2v) is 4.14. The maximum absolute atomic E-state index is 13.0. The molecule has 0 N–H and O–H groups in total. The Labute approximate surface area is 117 Å². The van der Waals surface area contributed by atoms with Crippen LogP contribution in [0, 0.1) is 27.3 Å². The molecular weight excluding hydrogens is 287 g/mol. The summed E-state index contributed by atoms with van der Waals surface area (Å²) in [5.74, 6) is -0.606. The standard InChI is InChI=1S/C13H6ClFN2O3/c14-10-6-9(2-3-11(10)15)20-13-5-8(7-16)1-4-12(13)17(18)19/h1-6H. The third-order valence-electron chi connectivity index (χ3n) is 2.40. The van der Waals surface area contributed by atoms with Crippen molar-refractivity contribution in [2.45, 2.75) is 0 Å². The van der Waals surface area contributed by atoms with Crippen molar-refractivity contribution in [3.05, 3.63) is 62.9 Å². The van der Waals surface area contributed by atoms with Gasteiger partial charge in [0.25, 0.3) is 0 Å². The molecule has 2 rings (SSSR count). The Bertz CT molecular complexity index is 728. The predicted octanol–water partition coefficient (Wildman–Crippen LogP) is 4.05. The van der Waals surface area contributed by atoms with Gasteiger partial charge in [0.15, 0.2) is 0 Å². The molecule has 0 aliphatic heterocycles. The lowest BCUT2D eigenvalue weighted by Crippen LogP contribution is -1.94. The minimum absolute atomic E-state index is 0.114. The van der Waals surface area contributed by atoms with Gasteiger partial charge in [0, 0.05) is 18.2 Å². The number of rotatable bonds is 3. The quantitative estimate of drug-likeness (QED) is 0.631. The van der Waals surface area contributed by atoms with Crippen molar-refractivity contribution in [3.63, 3.8) is 0 Å². The monoisotopic (exact) mass is 292 g/mol. The van der Waals surface area contributed by atoms with Crippen LogP contribution in [0.4, 0.5) is 10.1 Å². The molecule has 2 aromatic rings. The number of nitro benzene ring substituents is 1. The molecule has 0 heterocycles. The van der Waals surface area contributed by atoms with Gasteiger partial charge < -0.3 is 4.74 Å². The van der Waals surface area contributed by atoms with E-state index < -0.39 is 10.7 Å². The van der Waals surface area contributed by atoms with Gasteiger partial charge in [-0.3, -0.25) is 10.1 Å². The summed E-state index contributed by atoms with van der Waals surface area (Å²) in [7, 11) is 0. The van der Waals surface area contributed by atoms with E-state index in [1.165, 1.54) is 30.3 Å². The van der Waals surface area contributed by atoms with E-state index >= 15 is 0 Å². The molecule has 0 fully saturated rings. The molecule has 2 aromatic carbocycles. The third-order valence-corrected chi connectivity index (χ3v) is 2.69. The molecule has 0 atom stereocenters. The lowest BCUT2D eigenvalue weighted by atomic mass is 10.2. The van der Waals surface area contributed by atoms with Gasteiger partial charge in [-0.25, -0.2) is 4.39 Å². The van der Waals surface area contributed by atoms with E-state index in [2.05, 4.69) is 0 Å². The van der Waals surface area contributed by atoms with Gasteiger partial charge in [0.1, 0.15) is 11.6 Å². The number of halogens is 2. The summed E-state index contributed by atoms with van der Waals surface area (Å²) in [5, 5.41) is 19.5. The van der Waals surface area contributed by atoms with Gasteiger partial charge in [-0.15, -0.1) is 0 Å². The highest BCUT2D eigenvalue weighted by atomic mass is 35.5. The van der Waals surface area contributed by atoms with Crippen LogP contribution in [0.2, 0.25) is 5.02 Å². The average Bonchev–Trinajstić information content (AvgIpc) is 2.42. The first kappa shape index (κ1) is 13.8. The van der Waals surface area contributed by atoms with Crippen molar-refractivity contribution in [3.8, 4) is 17.6 Å². The van der Waals surface area contributed by atoms with Crippen LogP contribution in [0.3, 0.4) is 0 Å². The van der Waals surface area contributed by atoms with E-state index in [9.17, 15) is 14.5 Å². The maximum Gasteiger partial charge on any atom is 0.311 e. The molecule has 0 aliphatic carbocycles. The summed E-state index contributed by atoms with van der Waals surface area (Å²) in [5.41, 5.74) is -0.0942. The highest BCUT2D eigenvalue weighted by Gasteiger charge is 2.17. The molecule has 0 bridgehead atoms. The summed E-state index contributed by atoms with van der Waals surface area (Å²) in [6, 6.07) is 9.11. The Hall–Kier alpha value is -2.65. The number of nitro groups is 1. The van der Waals surface area contributed by atoms with Crippen molar-refractivity contribution >= 4 is 17.3 Å². The smallest absolute Gasteiger partial charge is 0.311 e. The Morgan fingerprint density at radius 1 is 1.30 bits per heavy atom. The van der Waals surface area contributed by atoms with Crippen LogP contribution in [-0.4, -0.2) is 4.92 Å². The molecule has 0 saturated carbocycles. The fraction of sp³-hybridized carbons (Fsp3) is 0. The molecule has 0 amide bonds. The lowest BCUT2D eigenvalue weighted by Gasteiger charge is -2.07. The predicted molar refractivity (Wildman–Crippen MR) is 69.3 cm³/mol. The highest BCUT2D eigenvalue weighted by Crippen LogP contribution is 2.33. The van der Waals surface area contributed by atoms with Gasteiger partial charge in [-0.1, -0.05) is 11.6 Å². The average molecular weight is 293 g/mol. The minimum atomic E-state index is -0.637. The second kappa shape index (κ2) is 5.55. The topological polar surface area (TPSA) is 76.2 Å². The van der Waals surface area contributed by atoms with Gasteiger partial charge in [0.05, 0.1) is 21.6 Å². The van der Waals surface area contributed by atoms with Crippen LogP contribution in [0.1, 0.15) is 5.56 Å². The van der Waals surface area contributed by atoms with Crippen molar-refractivity contribution in [2.75, 3.05) is 0 Å². The number of ether oxygens (including phenoxy) is 1. The van der Waals surface area contributed by atoms with E-state index in [0.29, 0.717) is 0 Å². The van der Waals surface area contributed by atoms with E-state index in [4.69, 9.17) is 21.6 Å². The zero-order valence-corrected chi connectivity index (χ0v) is 10.6. The van der Waals surface area contributed by atoms with Crippen LogP contribution < -0.4 is 4.74 Å². The number of nitrogens with zero attached hydrogens (tertiary/aromatic N) is 2. The maximum atomic E-state index is 13.0. The zero-order chi connectivity index (χ0) is 14.7. The highest BCUT2D eigenvalue weighted by molar-refractivity contribution is 6.30. The van der Waals surface area contributed by atoms with E-state index in [1.807, 2.05) is 6.07 Å². The molecule has 0 radical (unpaired) electrons. The summed E-state index contributed by atoms with van der Waals surface area (Å²) < 4.78 is 18.3. The summed E-state index contributed by atoms with van der Waals surface area (Å²) in [6.07, 6.45) is 0. The SMILES string of the molecule is N#Cc1ccc([N+](=O)[O-])c(Oc2ccc(F)c(Cl)c2)c1. The van der Waals surface area contributed by atoms with E-state index in [0.717, 1.165) is 6.07 Å². The van der Waals surface area contributed by atoms with Crippen molar-refractivity contribution in [1.29, 1.82) is 5.26 Å². The molecule has 5 nitrogen and oxygen atoms in total. The number of hydrogen-bond donors (Lipinski definition) is 0. The first-order chi connectivity index (χ1) is 9.51. The molecule has 7 heteroatoms. The fourth-order valence-electron chi connectivity index (χ4n) is 1.48. The first-order valence-electron chi connectivity index (χ1n) is 5.32. The molecule has 0 spiro atoms. The van der Waals surface area contributed by atoms with Crippen molar-refractivity contribution in [2.24, 2.45) is 0 Å². The Morgan fingerprint density at radius 2 is 2.05 bits per heavy atom.